The molecule has 6 nitrogen and oxygen atoms in total. The molecule has 0 saturated carbocycles. The van der Waals surface area contributed by atoms with E-state index in [1.165, 1.54) is 0 Å². The second-order valence-corrected chi connectivity index (χ2v) is 6.46. The van der Waals surface area contributed by atoms with Crippen LogP contribution in [0.15, 0.2) is 66.7 Å². The molecule has 3 aromatic carbocycles. The summed E-state index contributed by atoms with van der Waals surface area (Å²) in [6, 6.07) is 19.6. The highest BCUT2D eigenvalue weighted by molar-refractivity contribution is 6.31. The third-order valence-corrected chi connectivity index (χ3v) is 4.28. The van der Waals surface area contributed by atoms with Crippen LogP contribution in [-0.2, 0) is 4.79 Å². The second-order valence-electron chi connectivity index (χ2n) is 6.02. The van der Waals surface area contributed by atoms with Crippen LogP contribution < -0.4 is 24.8 Å². The standard InChI is InChI=1S/C22H21ClN2O4/c1-27-16-8-10-17(11-9-16)29-21-12-7-15(23)13-19(21)24-14-22(26)25-18-5-3-4-6-20(18)28-2/h3-13,24H,14H2,1-2H3,(H,25,26). The van der Waals surface area contributed by atoms with Crippen molar-refractivity contribution in [3.05, 3.63) is 71.8 Å². The third-order valence-electron chi connectivity index (χ3n) is 4.05. The maximum Gasteiger partial charge on any atom is 0.243 e. The van der Waals surface area contributed by atoms with Gasteiger partial charge in [-0.25, -0.2) is 0 Å². The Morgan fingerprint density at radius 3 is 2.31 bits per heavy atom. The lowest BCUT2D eigenvalue weighted by Crippen LogP contribution is -2.22. The summed E-state index contributed by atoms with van der Waals surface area (Å²) in [7, 11) is 3.16. The Kier molecular flexibility index (Phi) is 6.81. The molecule has 0 unspecified atom stereocenters. The normalized spacial score (nSPS) is 10.2. The Bertz CT molecular complexity index is 977. The molecule has 2 N–H and O–H groups in total. The largest absolute Gasteiger partial charge is 0.497 e. The van der Waals surface area contributed by atoms with Crippen LogP contribution in [0.2, 0.25) is 5.02 Å². The van der Waals surface area contributed by atoms with E-state index < -0.39 is 0 Å². The molecule has 7 heteroatoms. The van der Waals surface area contributed by atoms with E-state index in [9.17, 15) is 4.79 Å². The molecule has 0 heterocycles. The van der Waals surface area contributed by atoms with Crippen molar-refractivity contribution in [3.8, 4) is 23.0 Å². The van der Waals surface area contributed by atoms with E-state index in [-0.39, 0.29) is 12.5 Å². The van der Waals surface area contributed by atoms with Crippen LogP contribution in [0.5, 0.6) is 23.0 Å². The van der Waals surface area contributed by atoms with Gasteiger partial charge in [-0.1, -0.05) is 23.7 Å². The Hall–Kier alpha value is -3.38. The van der Waals surface area contributed by atoms with Gasteiger partial charge < -0.3 is 24.8 Å². The van der Waals surface area contributed by atoms with Crippen LogP contribution in [0.1, 0.15) is 0 Å². The van der Waals surface area contributed by atoms with Crippen LogP contribution >= 0.6 is 11.6 Å². The molecule has 0 spiro atoms. The van der Waals surface area contributed by atoms with Crippen LogP contribution in [0, 0.1) is 0 Å². The van der Waals surface area contributed by atoms with Gasteiger partial charge in [0.1, 0.15) is 17.2 Å². The number of methoxy groups -OCH3 is 2. The lowest BCUT2D eigenvalue weighted by Gasteiger charge is -2.14. The molecule has 29 heavy (non-hydrogen) atoms. The number of para-hydroxylation sites is 2. The summed E-state index contributed by atoms with van der Waals surface area (Å²) in [6.45, 7) is 0.0252. The molecular weight excluding hydrogens is 392 g/mol. The third kappa shape index (κ3) is 5.56. The fourth-order valence-corrected chi connectivity index (χ4v) is 2.79. The van der Waals surface area contributed by atoms with Crippen molar-refractivity contribution in [2.75, 3.05) is 31.4 Å². The maximum absolute atomic E-state index is 12.4. The average Bonchev–Trinajstić information content (AvgIpc) is 2.74. The summed E-state index contributed by atoms with van der Waals surface area (Å²) in [6.07, 6.45) is 0. The lowest BCUT2D eigenvalue weighted by atomic mass is 10.2. The van der Waals surface area contributed by atoms with Gasteiger partial charge in [-0.3, -0.25) is 4.79 Å². The first-order valence-electron chi connectivity index (χ1n) is 8.87. The fourth-order valence-electron chi connectivity index (χ4n) is 2.62. The first-order chi connectivity index (χ1) is 14.1. The van der Waals surface area contributed by atoms with Gasteiger partial charge in [0.15, 0.2) is 5.75 Å². The number of carbonyl (C=O) groups is 1. The van der Waals surface area contributed by atoms with Gasteiger partial charge in [-0.15, -0.1) is 0 Å². The number of rotatable bonds is 8. The number of halogens is 1. The first-order valence-corrected chi connectivity index (χ1v) is 9.25. The number of hydrogen-bond acceptors (Lipinski definition) is 5. The van der Waals surface area contributed by atoms with Gasteiger partial charge in [0.05, 0.1) is 32.1 Å². The van der Waals surface area contributed by atoms with Gasteiger partial charge in [0.25, 0.3) is 0 Å². The van der Waals surface area contributed by atoms with E-state index >= 15 is 0 Å². The Morgan fingerprint density at radius 2 is 1.59 bits per heavy atom. The highest BCUT2D eigenvalue weighted by Gasteiger charge is 2.10. The zero-order chi connectivity index (χ0) is 20.6. The van der Waals surface area contributed by atoms with Gasteiger partial charge >= 0.3 is 0 Å². The number of benzene rings is 3. The zero-order valence-corrected chi connectivity index (χ0v) is 16.8. The number of amides is 1. The maximum atomic E-state index is 12.4. The Morgan fingerprint density at radius 1 is 0.862 bits per heavy atom. The molecule has 3 rings (SSSR count). The van der Waals surface area contributed by atoms with Crippen LogP contribution in [0.25, 0.3) is 0 Å². The highest BCUT2D eigenvalue weighted by atomic mass is 35.5. The average molecular weight is 413 g/mol. The van der Waals surface area contributed by atoms with E-state index in [0.717, 1.165) is 5.75 Å². The topological polar surface area (TPSA) is 68.8 Å². The van der Waals surface area contributed by atoms with Crippen molar-refractivity contribution in [1.29, 1.82) is 0 Å². The minimum atomic E-state index is -0.232. The van der Waals surface area contributed by atoms with E-state index in [1.807, 2.05) is 12.1 Å². The van der Waals surface area contributed by atoms with E-state index in [2.05, 4.69) is 10.6 Å². The molecule has 0 aliphatic rings. The van der Waals surface area contributed by atoms with Crippen molar-refractivity contribution < 1.29 is 19.0 Å². The zero-order valence-electron chi connectivity index (χ0n) is 16.1. The van der Waals surface area contributed by atoms with E-state index in [4.69, 9.17) is 25.8 Å². The number of ether oxygens (including phenoxy) is 3. The summed E-state index contributed by atoms with van der Waals surface area (Å²) < 4.78 is 16.3. The number of carbonyl (C=O) groups excluding carboxylic acids is 1. The summed E-state index contributed by atoms with van der Waals surface area (Å²) in [5.74, 6) is 2.27. The first kappa shape index (κ1) is 20.4. The molecule has 0 aliphatic carbocycles. The van der Waals surface area contributed by atoms with Crippen LogP contribution in [-0.4, -0.2) is 26.7 Å². The van der Waals surface area contributed by atoms with Gasteiger partial charge in [-0.05, 0) is 54.6 Å². The smallest absolute Gasteiger partial charge is 0.243 e. The molecule has 0 radical (unpaired) electrons. The molecule has 0 bridgehead atoms. The van der Waals surface area contributed by atoms with Crippen molar-refractivity contribution in [2.24, 2.45) is 0 Å². The minimum absolute atomic E-state index is 0.0252. The summed E-state index contributed by atoms with van der Waals surface area (Å²) >= 11 is 6.11. The molecular formula is C22H21ClN2O4. The van der Waals surface area contributed by atoms with Crippen molar-refractivity contribution >= 4 is 28.9 Å². The SMILES string of the molecule is COc1ccc(Oc2ccc(Cl)cc2NCC(=O)Nc2ccccc2OC)cc1. The monoisotopic (exact) mass is 412 g/mol. The van der Waals surface area contributed by atoms with Gasteiger partial charge in [0, 0.05) is 5.02 Å². The predicted octanol–water partition coefficient (Wildman–Crippen LogP) is 5.20. The van der Waals surface area contributed by atoms with E-state index in [0.29, 0.717) is 33.6 Å². The molecule has 150 valence electrons. The van der Waals surface area contributed by atoms with Crippen molar-refractivity contribution in [1.82, 2.24) is 0 Å². The summed E-state index contributed by atoms with van der Waals surface area (Å²) in [5.41, 5.74) is 1.20. The Labute approximate surface area is 174 Å². The number of anilines is 2. The number of nitrogens with one attached hydrogen (secondary N) is 2. The molecule has 0 saturated heterocycles. The molecule has 1 amide bonds. The van der Waals surface area contributed by atoms with Gasteiger partial charge in [-0.2, -0.15) is 0 Å². The van der Waals surface area contributed by atoms with E-state index in [1.54, 1.807) is 68.8 Å². The number of hydrogen-bond donors (Lipinski definition) is 2. The highest BCUT2D eigenvalue weighted by Crippen LogP contribution is 2.32. The van der Waals surface area contributed by atoms with Crippen LogP contribution in [0.3, 0.4) is 0 Å². The molecule has 0 atom stereocenters. The lowest BCUT2D eigenvalue weighted by molar-refractivity contribution is -0.114. The van der Waals surface area contributed by atoms with Crippen LogP contribution in [0.4, 0.5) is 11.4 Å². The molecule has 3 aromatic rings. The van der Waals surface area contributed by atoms with Gasteiger partial charge in [0.2, 0.25) is 5.91 Å². The summed E-state index contributed by atoms with van der Waals surface area (Å²) in [4.78, 5) is 12.4. The minimum Gasteiger partial charge on any atom is -0.497 e. The second kappa shape index (κ2) is 9.71. The molecule has 0 aliphatic heterocycles. The quantitative estimate of drug-likeness (QED) is 0.532. The van der Waals surface area contributed by atoms with Crippen molar-refractivity contribution in [3.63, 3.8) is 0 Å². The summed E-state index contributed by atoms with van der Waals surface area (Å²) in [5, 5.41) is 6.41. The predicted molar refractivity (Wildman–Crippen MR) is 115 cm³/mol. The molecule has 0 aromatic heterocycles. The molecule has 0 fully saturated rings. The fraction of sp³-hybridized carbons (Fsp3) is 0.136. The van der Waals surface area contributed by atoms with Crippen molar-refractivity contribution in [2.45, 2.75) is 0 Å². The Balaban J connectivity index is 1.68.